The van der Waals surface area contributed by atoms with Crippen LogP contribution in [0.1, 0.15) is 25.5 Å². The number of hydrogen-bond acceptors (Lipinski definition) is 8. The maximum Gasteiger partial charge on any atom is 0.321 e. The zero-order valence-corrected chi connectivity index (χ0v) is 16.0. The summed E-state index contributed by atoms with van der Waals surface area (Å²) >= 11 is 0. The Kier molecular flexibility index (Phi) is 6.35. The van der Waals surface area contributed by atoms with Gasteiger partial charge < -0.3 is 24.2 Å². The lowest BCUT2D eigenvalue weighted by atomic mass is 9.91. The summed E-state index contributed by atoms with van der Waals surface area (Å²) in [5.74, 6) is -1.56. The highest BCUT2D eigenvalue weighted by Crippen LogP contribution is 2.36. The van der Waals surface area contributed by atoms with E-state index in [0.717, 1.165) is 0 Å². The number of amides is 1. The van der Waals surface area contributed by atoms with Gasteiger partial charge in [0.15, 0.2) is 17.4 Å². The van der Waals surface area contributed by atoms with Crippen LogP contribution in [0.5, 0.6) is 11.5 Å². The molecule has 2 aliphatic rings. The molecule has 1 aromatic rings. The number of aromatic hydroxyl groups is 1. The fraction of sp³-hybridized carbons (Fsp3) is 0.526. The fourth-order valence-electron chi connectivity index (χ4n) is 3.23. The van der Waals surface area contributed by atoms with E-state index in [-0.39, 0.29) is 18.1 Å². The Balaban J connectivity index is 2.00. The number of morpholine rings is 1. The lowest BCUT2D eigenvalue weighted by Gasteiger charge is -2.35. The third-order valence-corrected chi connectivity index (χ3v) is 4.57. The third kappa shape index (κ3) is 4.19. The number of guanidine groups is 1. The first kappa shape index (κ1) is 19.9. The highest BCUT2D eigenvalue weighted by atomic mass is 16.5. The maximum atomic E-state index is 12.8. The lowest BCUT2D eigenvalue weighted by Crippen LogP contribution is -2.55. The van der Waals surface area contributed by atoms with Gasteiger partial charge in [0.05, 0.1) is 26.4 Å². The van der Waals surface area contributed by atoms with Crippen LogP contribution in [0, 0.1) is 5.92 Å². The maximum absolute atomic E-state index is 12.8. The number of ether oxygens (including phenoxy) is 3. The van der Waals surface area contributed by atoms with Crippen molar-refractivity contribution < 1.29 is 28.9 Å². The number of hydrogen-bond donors (Lipinski definition) is 2. The predicted octanol–water partition coefficient (Wildman–Crippen LogP) is 0.829. The van der Waals surface area contributed by atoms with Crippen LogP contribution < -0.4 is 10.1 Å². The summed E-state index contributed by atoms with van der Waals surface area (Å²) in [5.41, 5.74) is 0.583. The highest BCUT2D eigenvalue weighted by molar-refractivity contribution is 6.08. The van der Waals surface area contributed by atoms with Crippen molar-refractivity contribution in [2.24, 2.45) is 10.9 Å². The van der Waals surface area contributed by atoms with Crippen LogP contribution in [0.25, 0.3) is 0 Å². The van der Waals surface area contributed by atoms with Gasteiger partial charge in [-0.25, -0.2) is 4.99 Å². The van der Waals surface area contributed by atoms with Crippen molar-refractivity contribution in [2.45, 2.75) is 19.9 Å². The smallest absolute Gasteiger partial charge is 0.321 e. The first-order chi connectivity index (χ1) is 13.5. The summed E-state index contributed by atoms with van der Waals surface area (Å²) in [4.78, 5) is 31.9. The van der Waals surface area contributed by atoms with E-state index in [0.29, 0.717) is 44.4 Å². The van der Waals surface area contributed by atoms with Crippen molar-refractivity contribution in [3.8, 4) is 11.5 Å². The summed E-state index contributed by atoms with van der Waals surface area (Å²) in [6.07, 6.45) is 0. The molecule has 9 nitrogen and oxygen atoms in total. The Morgan fingerprint density at radius 1 is 1.32 bits per heavy atom. The number of benzene rings is 1. The largest absolute Gasteiger partial charge is 0.504 e. The second-order valence-corrected chi connectivity index (χ2v) is 6.38. The standard InChI is InChI=1S/C19H25N3O6/c1-3-27-14-11-12(5-6-13(14)23)16-15(18(25)28-4-2)17(24)21-19(20-16)22-7-9-26-10-8-22/h5-6,11,15-16,23H,3-4,7-10H2,1-2H3,(H,20,21,24)/t15-,16+/m0/s1. The van der Waals surface area contributed by atoms with Crippen molar-refractivity contribution in [3.05, 3.63) is 23.8 Å². The van der Waals surface area contributed by atoms with Gasteiger partial charge in [-0.15, -0.1) is 0 Å². The Bertz CT molecular complexity index is 760. The van der Waals surface area contributed by atoms with Crippen molar-refractivity contribution >= 4 is 17.8 Å². The quantitative estimate of drug-likeness (QED) is 0.565. The summed E-state index contributed by atoms with van der Waals surface area (Å²) in [6, 6.07) is 3.92. The normalized spacial score (nSPS) is 22.3. The minimum absolute atomic E-state index is 0.0177. The average Bonchev–Trinajstić information content (AvgIpc) is 2.70. The fourth-order valence-corrected chi connectivity index (χ4v) is 3.23. The van der Waals surface area contributed by atoms with E-state index in [2.05, 4.69) is 10.3 Å². The molecule has 3 rings (SSSR count). The highest BCUT2D eigenvalue weighted by Gasteiger charge is 2.42. The zero-order chi connectivity index (χ0) is 20.1. The molecule has 2 heterocycles. The number of nitrogens with one attached hydrogen (secondary N) is 1. The molecular formula is C19H25N3O6. The van der Waals surface area contributed by atoms with Crippen molar-refractivity contribution in [1.82, 2.24) is 10.2 Å². The number of esters is 1. The van der Waals surface area contributed by atoms with Gasteiger partial charge in [0.25, 0.3) is 0 Å². The molecule has 0 spiro atoms. The number of carbonyl (C=O) groups is 2. The molecule has 2 N–H and O–H groups in total. The Morgan fingerprint density at radius 2 is 2.07 bits per heavy atom. The molecule has 0 saturated carbocycles. The number of carbonyl (C=O) groups excluding carboxylic acids is 2. The summed E-state index contributed by atoms with van der Waals surface area (Å²) < 4.78 is 15.9. The van der Waals surface area contributed by atoms with Crippen LogP contribution in [0.3, 0.4) is 0 Å². The molecule has 1 aromatic carbocycles. The van der Waals surface area contributed by atoms with Crippen LogP contribution in [0.4, 0.5) is 0 Å². The van der Waals surface area contributed by atoms with Crippen LogP contribution in [-0.4, -0.2) is 67.4 Å². The number of aliphatic imine (C=N–C) groups is 1. The topological polar surface area (TPSA) is 110 Å². The van der Waals surface area contributed by atoms with E-state index >= 15 is 0 Å². The molecule has 1 amide bonds. The summed E-state index contributed by atoms with van der Waals surface area (Å²) in [7, 11) is 0. The molecule has 1 saturated heterocycles. The van der Waals surface area contributed by atoms with Crippen LogP contribution in [0.2, 0.25) is 0 Å². The van der Waals surface area contributed by atoms with E-state index in [1.54, 1.807) is 26.0 Å². The minimum atomic E-state index is -1.12. The van der Waals surface area contributed by atoms with Gasteiger partial charge >= 0.3 is 5.97 Å². The van der Waals surface area contributed by atoms with Crippen molar-refractivity contribution in [3.63, 3.8) is 0 Å². The first-order valence-electron chi connectivity index (χ1n) is 9.38. The number of nitrogens with zero attached hydrogens (tertiary/aromatic N) is 2. The lowest BCUT2D eigenvalue weighted by molar-refractivity contribution is -0.153. The van der Waals surface area contributed by atoms with E-state index < -0.39 is 23.8 Å². The van der Waals surface area contributed by atoms with Gasteiger partial charge in [-0.2, -0.15) is 0 Å². The number of phenolic OH excluding ortho intramolecular Hbond substituents is 1. The zero-order valence-electron chi connectivity index (χ0n) is 16.0. The minimum Gasteiger partial charge on any atom is -0.504 e. The van der Waals surface area contributed by atoms with E-state index in [4.69, 9.17) is 14.2 Å². The summed E-state index contributed by atoms with van der Waals surface area (Å²) in [5, 5.41) is 12.7. The Hall–Kier alpha value is -2.81. The second kappa shape index (κ2) is 8.92. The SMILES string of the molecule is CCOC(=O)[C@@H]1C(=O)NC(N2CCOCC2)=N[C@@H]1c1ccc(O)c(OCC)c1. The Morgan fingerprint density at radius 3 is 2.75 bits per heavy atom. The summed E-state index contributed by atoms with van der Waals surface area (Å²) in [6.45, 7) is 6.27. The van der Waals surface area contributed by atoms with E-state index in [9.17, 15) is 14.7 Å². The molecule has 0 radical (unpaired) electrons. The average molecular weight is 391 g/mol. The molecular weight excluding hydrogens is 366 g/mol. The van der Waals surface area contributed by atoms with Gasteiger partial charge in [-0.1, -0.05) is 6.07 Å². The molecule has 2 atom stereocenters. The van der Waals surface area contributed by atoms with Gasteiger partial charge in [0.1, 0.15) is 6.04 Å². The molecule has 0 aromatic heterocycles. The van der Waals surface area contributed by atoms with Gasteiger partial charge in [0.2, 0.25) is 11.9 Å². The second-order valence-electron chi connectivity index (χ2n) is 6.38. The molecule has 0 aliphatic carbocycles. The van der Waals surface area contributed by atoms with Crippen molar-refractivity contribution in [2.75, 3.05) is 39.5 Å². The predicted molar refractivity (Wildman–Crippen MR) is 100 cm³/mol. The van der Waals surface area contributed by atoms with Gasteiger partial charge in [-0.3, -0.25) is 14.9 Å². The first-order valence-corrected chi connectivity index (χ1v) is 9.38. The van der Waals surface area contributed by atoms with Crippen LogP contribution >= 0.6 is 0 Å². The Labute approximate surface area is 163 Å². The molecule has 0 unspecified atom stereocenters. The van der Waals surface area contributed by atoms with Crippen LogP contribution in [-0.2, 0) is 19.1 Å². The molecule has 9 heteroatoms. The van der Waals surface area contributed by atoms with Gasteiger partial charge in [-0.05, 0) is 31.5 Å². The molecule has 152 valence electrons. The number of rotatable bonds is 5. The van der Waals surface area contributed by atoms with Gasteiger partial charge in [0, 0.05) is 13.1 Å². The van der Waals surface area contributed by atoms with E-state index in [1.165, 1.54) is 6.07 Å². The monoisotopic (exact) mass is 391 g/mol. The third-order valence-electron chi connectivity index (χ3n) is 4.57. The van der Waals surface area contributed by atoms with Crippen molar-refractivity contribution in [1.29, 1.82) is 0 Å². The van der Waals surface area contributed by atoms with E-state index in [1.807, 2.05) is 4.90 Å². The molecule has 1 fully saturated rings. The molecule has 28 heavy (non-hydrogen) atoms. The number of phenols is 1. The van der Waals surface area contributed by atoms with Crippen LogP contribution in [0.15, 0.2) is 23.2 Å². The molecule has 2 aliphatic heterocycles. The molecule has 0 bridgehead atoms.